The van der Waals surface area contributed by atoms with Crippen LogP contribution in [0.25, 0.3) is 0 Å². The maximum Gasteiger partial charge on any atom is 0.0644 e. The quantitative estimate of drug-likeness (QED) is 0.505. The maximum absolute atomic E-state index is 5.63. The third kappa shape index (κ3) is 1.48. The summed E-state index contributed by atoms with van der Waals surface area (Å²) in [5.41, 5.74) is 0. The second-order valence-electron chi connectivity index (χ2n) is 5.39. The Morgan fingerprint density at radius 3 is 3.13 bits per heavy atom. The Morgan fingerprint density at radius 1 is 1.33 bits per heavy atom. The summed E-state index contributed by atoms with van der Waals surface area (Å²) in [6.45, 7) is 5.37. The fourth-order valence-corrected chi connectivity index (χ4v) is 4.18. The molecule has 0 aromatic heterocycles. The molecule has 3 rings (SSSR count). The molecule has 5 unspecified atom stereocenters. The average Bonchev–Trinajstić information content (AvgIpc) is 2.89. The molecule has 15 heavy (non-hydrogen) atoms. The molecule has 0 amide bonds. The van der Waals surface area contributed by atoms with Gasteiger partial charge >= 0.3 is 0 Å². The molecule has 2 bridgehead atoms. The van der Waals surface area contributed by atoms with E-state index in [1.54, 1.807) is 0 Å². The molecule has 2 saturated carbocycles. The predicted octanol–water partition coefficient (Wildman–Crippen LogP) is 3.04. The highest BCUT2D eigenvalue weighted by Crippen LogP contribution is 2.58. The molecule has 5 atom stereocenters. The van der Waals surface area contributed by atoms with Gasteiger partial charge in [-0.15, -0.1) is 6.58 Å². The Morgan fingerprint density at radius 2 is 2.27 bits per heavy atom. The van der Waals surface area contributed by atoms with Gasteiger partial charge in [-0.25, -0.2) is 0 Å². The zero-order chi connectivity index (χ0) is 10.3. The zero-order valence-corrected chi connectivity index (χ0v) is 9.27. The largest absolute Gasteiger partial charge is 0.377 e. The van der Waals surface area contributed by atoms with Gasteiger partial charge in [0.05, 0.1) is 13.2 Å². The van der Waals surface area contributed by atoms with E-state index in [4.69, 9.17) is 4.74 Å². The molecule has 0 aromatic carbocycles. The summed E-state index contributed by atoms with van der Waals surface area (Å²) in [6.07, 6.45) is 11.0. The summed E-state index contributed by atoms with van der Waals surface area (Å²) in [5, 5.41) is 0. The first-order valence-electron chi connectivity index (χ1n) is 6.25. The van der Waals surface area contributed by atoms with Crippen LogP contribution in [0.3, 0.4) is 0 Å². The van der Waals surface area contributed by atoms with E-state index in [1.807, 2.05) is 6.08 Å². The SMILES string of the molecule is C=CCOCC1CC2CC1C1C=CCC21. The maximum atomic E-state index is 5.63. The Bertz CT molecular complexity index is 281. The summed E-state index contributed by atoms with van der Waals surface area (Å²) in [5.74, 6) is 4.68. The van der Waals surface area contributed by atoms with Crippen molar-refractivity contribution in [2.45, 2.75) is 19.3 Å². The Hall–Kier alpha value is -0.560. The molecular formula is C14H20O. The van der Waals surface area contributed by atoms with Crippen molar-refractivity contribution in [3.8, 4) is 0 Å². The van der Waals surface area contributed by atoms with E-state index in [-0.39, 0.29) is 0 Å². The van der Waals surface area contributed by atoms with Crippen LogP contribution in [0.15, 0.2) is 24.8 Å². The number of hydrogen-bond acceptors (Lipinski definition) is 1. The van der Waals surface area contributed by atoms with Crippen molar-refractivity contribution in [3.63, 3.8) is 0 Å². The predicted molar refractivity (Wildman–Crippen MR) is 61.5 cm³/mol. The lowest BCUT2D eigenvalue weighted by Gasteiger charge is -2.30. The molecule has 2 fully saturated rings. The van der Waals surface area contributed by atoms with Crippen LogP contribution < -0.4 is 0 Å². The van der Waals surface area contributed by atoms with Gasteiger partial charge in [-0.2, -0.15) is 0 Å². The first kappa shape index (κ1) is 9.65. The van der Waals surface area contributed by atoms with Gasteiger partial charge in [-0.3, -0.25) is 0 Å². The Labute approximate surface area is 92.2 Å². The lowest BCUT2D eigenvalue weighted by atomic mass is 9.76. The molecule has 0 heterocycles. The van der Waals surface area contributed by atoms with Crippen LogP contribution in [0.5, 0.6) is 0 Å². The smallest absolute Gasteiger partial charge is 0.0644 e. The van der Waals surface area contributed by atoms with Crippen molar-refractivity contribution < 1.29 is 4.74 Å². The van der Waals surface area contributed by atoms with Crippen molar-refractivity contribution >= 4 is 0 Å². The molecule has 0 aliphatic heterocycles. The molecule has 1 heteroatoms. The van der Waals surface area contributed by atoms with Gasteiger partial charge in [0.2, 0.25) is 0 Å². The summed E-state index contributed by atoms with van der Waals surface area (Å²) >= 11 is 0. The highest BCUT2D eigenvalue weighted by molar-refractivity contribution is 5.13. The van der Waals surface area contributed by atoms with Gasteiger partial charge < -0.3 is 4.74 Å². The second-order valence-corrected chi connectivity index (χ2v) is 5.39. The van der Waals surface area contributed by atoms with Crippen LogP contribution in [0.2, 0.25) is 0 Å². The molecule has 82 valence electrons. The molecule has 0 aromatic rings. The molecule has 0 saturated heterocycles. The Kier molecular flexibility index (Phi) is 2.44. The fraction of sp³-hybridized carbons (Fsp3) is 0.714. The first-order valence-corrected chi connectivity index (χ1v) is 6.25. The van der Waals surface area contributed by atoms with Crippen LogP contribution >= 0.6 is 0 Å². The van der Waals surface area contributed by atoms with E-state index in [9.17, 15) is 0 Å². The fourth-order valence-electron chi connectivity index (χ4n) is 4.18. The minimum Gasteiger partial charge on any atom is -0.377 e. The molecule has 0 radical (unpaired) electrons. The van der Waals surface area contributed by atoms with E-state index >= 15 is 0 Å². The van der Waals surface area contributed by atoms with E-state index in [0.717, 1.165) is 42.8 Å². The standard InChI is InChI=1S/C14H20O/c1-2-6-15-9-11-7-10-8-14(11)13-5-3-4-12(10)13/h2-3,5,10-14H,1,4,6-9H2. The van der Waals surface area contributed by atoms with Gasteiger partial charge in [0.1, 0.15) is 0 Å². The molecular weight excluding hydrogens is 184 g/mol. The van der Waals surface area contributed by atoms with Crippen molar-refractivity contribution in [2.24, 2.45) is 29.6 Å². The van der Waals surface area contributed by atoms with E-state index in [2.05, 4.69) is 18.7 Å². The summed E-state index contributed by atoms with van der Waals surface area (Å²) in [7, 11) is 0. The number of ether oxygens (including phenoxy) is 1. The summed E-state index contributed by atoms with van der Waals surface area (Å²) in [6, 6.07) is 0. The van der Waals surface area contributed by atoms with Crippen molar-refractivity contribution in [3.05, 3.63) is 24.8 Å². The number of fused-ring (bicyclic) bond motifs is 5. The number of rotatable bonds is 4. The number of hydrogen-bond donors (Lipinski definition) is 0. The van der Waals surface area contributed by atoms with E-state index in [1.165, 1.54) is 19.3 Å². The molecule has 3 aliphatic rings. The monoisotopic (exact) mass is 204 g/mol. The lowest BCUT2D eigenvalue weighted by molar-refractivity contribution is 0.0772. The van der Waals surface area contributed by atoms with Gasteiger partial charge in [0.25, 0.3) is 0 Å². The topological polar surface area (TPSA) is 9.23 Å². The normalized spacial score (nSPS) is 46.0. The Balaban J connectivity index is 1.60. The molecule has 0 N–H and O–H groups in total. The van der Waals surface area contributed by atoms with Gasteiger partial charge in [-0.05, 0) is 48.9 Å². The van der Waals surface area contributed by atoms with Crippen molar-refractivity contribution in [1.82, 2.24) is 0 Å². The van der Waals surface area contributed by atoms with Crippen LogP contribution in [-0.4, -0.2) is 13.2 Å². The number of allylic oxidation sites excluding steroid dienone is 2. The van der Waals surface area contributed by atoms with E-state index < -0.39 is 0 Å². The van der Waals surface area contributed by atoms with Crippen LogP contribution in [0.1, 0.15) is 19.3 Å². The van der Waals surface area contributed by atoms with Crippen molar-refractivity contribution in [1.29, 1.82) is 0 Å². The third-order valence-corrected chi connectivity index (χ3v) is 4.71. The van der Waals surface area contributed by atoms with Crippen LogP contribution in [-0.2, 0) is 4.74 Å². The van der Waals surface area contributed by atoms with E-state index in [0.29, 0.717) is 0 Å². The summed E-state index contributed by atoms with van der Waals surface area (Å²) in [4.78, 5) is 0. The lowest BCUT2D eigenvalue weighted by Crippen LogP contribution is -2.27. The third-order valence-electron chi connectivity index (χ3n) is 4.71. The van der Waals surface area contributed by atoms with Crippen molar-refractivity contribution in [2.75, 3.05) is 13.2 Å². The highest BCUT2D eigenvalue weighted by Gasteiger charge is 2.52. The van der Waals surface area contributed by atoms with Gasteiger partial charge in [-0.1, -0.05) is 18.2 Å². The molecule has 0 spiro atoms. The molecule has 3 aliphatic carbocycles. The van der Waals surface area contributed by atoms with Crippen LogP contribution in [0.4, 0.5) is 0 Å². The second kappa shape index (κ2) is 3.79. The van der Waals surface area contributed by atoms with Gasteiger partial charge in [0.15, 0.2) is 0 Å². The molecule has 1 nitrogen and oxygen atoms in total. The zero-order valence-electron chi connectivity index (χ0n) is 9.27. The minimum atomic E-state index is 0.720. The first-order chi connectivity index (χ1) is 7.40. The van der Waals surface area contributed by atoms with Gasteiger partial charge in [0, 0.05) is 0 Å². The van der Waals surface area contributed by atoms with Crippen LogP contribution in [0, 0.1) is 29.6 Å². The average molecular weight is 204 g/mol. The summed E-state index contributed by atoms with van der Waals surface area (Å²) < 4.78 is 5.63. The highest BCUT2D eigenvalue weighted by atomic mass is 16.5. The minimum absolute atomic E-state index is 0.720.